The van der Waals surface area contributed by atoms with Crippen molar-refractivity contribution in [1.82, 2.24) is 0 Å². The molecule has 4 atom stereocenters. The second-order valence-corrected chi connectivity index (χ2v) is 10.4. The second-order valence-electron chi connectivity index (χ2n) is 10.4. The van der Waals surface area contributed by atoms with E-state index in [2.05, 4.69) is 66.7 Å². The highest BCUT2D eigenvalue weighted by molar-refractivity contribution is 6.05. The Hall–Kier alpha value is -1.44. The third-order valence-electron chi connectivity index (χ3n) is 6.56. The van der Waals surface area contributed by atoms with Gasteiger partial charge in [0.05, 0.1) is 5.92 Å². The largest absolute Gasteiger partial charge is 0.299 e. The molecule has 1 rings (SSSR count). The second kappa shape index (κ2) is 11.1. The van der Waals surface area contributed by atoms with Crippen LogP contribution in [-0.4, -0.2) is 11.6 Å². The molecule has 2 heteroatoms. The molecule has 2 nitrogen and oxygen atoms in total. The molecule has 0 aromatic rings. The Balaban J connectivity index is 3.41. The average molecular weight is 401 g/mol. The molecule has 1 aliphatic rings. The lowest BCUT2D eigenvalue weighted by Gasteiger charge is -2.49. The maximum atomic E-state index is 13.6. The molecule has 0 N–H and O–H groups in total. The zero-order valence-corrected chi connectivity index (χ0v) is 20.4. The minimum atomic E-state index is -0.479. The first kappa shape index (κ1) is 25.6. The van der Waals surface area contributed by atoms with Crippen LogP contribution in [0, 0.1) is 29.1 Å². The summed E-state index contributed by atoms with van der Waals surface area (Å²) in [6, 6.07) is 0. The molecule has 0 radical (unpaired) electrons. The number of ketones is 2. The third kappa shape index (κ3) is 7.08. The molecule has 164 valence electrons. The van der Waals surface area contributed by atoms with E-state index in [0.717, 1.165) is 32.1 Å². The first-order valence-electron chi connectivity index (χ1n) is 11.4. The zero-order chi connectivity index (χ0) is 22.4. The monoisotopic (exact) mass is 400 g/mol. The van der Waals surface area contributed by atoms with E-state index >= 15 is 0 Å². The summed E-state index contributed by atoms with van der Waals surface area (Å²) >= 11 is 0. The van der Waals surface area contributed by atoms with E-state index in [9.17, 15) is 9.59 Å². The molecule has 0 aromatic heterocycles. The minimum absolute atomic E-state index is 0.0373. The Bertz CT molecular complexity index is 665. The molecule has 1 aliphatic carbocycles. The molecule has 0 saturated heterocycles. The van der Waals surface area contributed by atoms with Gasteiger partial charge in [0.2, 0.25) is 0 Å². The molecule has 0 aromatic carbocycles. The van der Waals surface area contributed by atoms with Crippen LogP contribution in [0.25, 0.3) is 0 Å². The quantitative estimate of drug-likeness (QED) is 0.296. The number of rotatable bonds is 9. The van der Waals surface area contributed by atoms with E-state index in [1.807, 2.05) is 13.8 Å². The maximum absolute atomic E-state index is 13.6. The van der Waals surface area contributed by atoms with Crippen LogP contribution >= 0.6 is 0 Å². The van der Waals surface area contributed by atoms with Gasteiger partial charge in [-0.05, 0) is 85.0 Å². The van der Waals surface area contributed by atoms with Gasteiger partial charge in [0.15, 0.2) is 0 Å². The van der Waals surface area contributed by atoms with Gasteiger partial charge in [-0.15, -0.1) is 0 Å². The van der Waals surface area contributed by atoms with Crippen molar-refractivity contribution in [3.05, 3.63) is 34.9 Å². The van der Waals surface area contributed by atoms with Crippen LogP contribution in [0.4, 0.5) is 0 Å². The number of hydrogen-bond acceptors (Lipinski definition) is 2. The van der Waals surface area contributed by atoms with Gasteiger partial charge in [-0.1, -0.05) is 55.7 Å². The fraction of sp³-hybridized carbons (Fsp3) is 0.704. The van der Waals surface area contributed by atoms with Crippen molar-refractivity contribution < 1.29 is 9.59 Å². The van der Waals surface area contributed by atoms with Gasteiger partial charge in [0.25, 0.3) is 0 Å². The summed E-state index contributed by atoms with van der Waals surface area (Å²) in [7, 11) is 0. The fourth-order valence-electron chi connectivity index (χ4n) is 4.68. The number of carbonyl (C=O) groups is 2. The Morgan fingerprint density at radius 1 is 0.966 bits per heavy atom. The molecule has 1 saturated carbocycles. The average Bonchev–Trinajstić information content (AvgIpc) is 2.59. The van der Waals surface area contributed by atoms with Crippen molar-refractivity contribution in [1.29, 1.82) is 0 Å². The Labute approximate surface area is 179 Å². The van der Waals surface area contributed by atoms with E-state index in [4.69, 9.17) is 0 Å². The van der Waals surface area contributed by atoms with Crippen LogP contribution in [0.2, 0.25) is 0 Å². The van der Waals surface area contributed by atoms with Crippen molar-refractivity contribution in [2.24, 2.45) is 29.1 Å². The van der Waals surface area contributed by atoms with Crippen LogP contribution in [0.5, 0.6) is 0 Å². The number of allylic oxidation sites excluding steroid dienone is 6. The van der Waals surface area contributed by atoms with E-state index in [-0.39, 0.29) is 28.8 Å². The highest BCUT2D eigenvalue weighted by Crippen LogP contribution is 2.52. The first-order valence-corrected chi connectivity index (χ1v) is 11.4. The van der Waals surface area contributed by atoms with Crippen molar-refractivity contribution in [3.63, 3.8) is 0 Å². The van der Waals surface area contributed by atoms with Gasteiger partial charge < -0.3 is 0 Å². The van der Waals surface area contributed by atoms with Crippen LogP contribution < -0.4 is 0 Å². The molecule has 0 aliphatic heterocycles. The molecule has 0 amide bonds. The maximum Gasteiger partial charge on any atom is 0.147 e. The van der Waals surface area contributed by atoms with Crippen LogP contribution in [0.15, 0.2) is 34.9 Å². The van der Waals surface area contributed by atoms with Crippen LogP contribution in [-0.2, 0) is 9.59 Å². The Morgan fingerprint density at radius 2 is 1.48 bits per heavy atom. The predicted molar refractivity (Wildman–Crippen MR) is 125 cm³/mol. The normalized spacial score (nSPS) is 26.8. The third-order valence-corrected chi connectivity index (χ3v) is 6.56. The number of carbonyl (C=O) groups excluding carboxylic acids is 2. The molecule has 0 heterocycles. The van der Waals surface area contributed by atoms with Crippen molar-refractivity contribution >= 4 is 11.6 Å². The molecular formula is C27H44O2. The molecule has 29 heavy (non-hydrogen) atoms. The molecular weight excluding hydrogens is 356 g/mol. The smallest absolute Gasteiger partial charge is 0.147 e. The summed E-state index contributed by atoms with van der Waals surface area (Å²) in [5, 5.41) is 0. The lowest BCUT2D eigenvalue weighted by molar-refractivity contribution is -0.150. The SMILES string of the molecule is CC(C)=CCCC1(C)C(CC=C(C)C)CC(CC=C(C)C)C(=O)C1C(=O)C(C)C. The minimum Gasteiger partial charge on any atom is -0.299 e. The van der Waals surface area contributed by atoms with E-state index in [1.165, 1.54) is 16.7 Å². The summed E-state index contributed by atoms with van der Waals surface area (Å²) in [5.41, 5.74) is 3.56. The molecule has 0 bridgehead atoms. The standard InChI is InChI=1S/C27H44O2/c1-18(2)11-10-16-27(9)23(15-13-20(5)6)17-22(14-12-19(3)4)26(29)24(27)25(28)21(7)8/h11-13,21-24H,10,14-17H2,1-9H3. The summed E-state index contributed by atoms with van der Waals surface area (Å²) in [5.74, 6) is 0.0488. The first-order chi connectivity index (χ1) is 13.4. The highest BCUT2D eigenvalue weighted by atomic mass is 16.2. The number of hydrogen-bond donors (Lipinski definition) is 0. The highest BCUT2D eigenvalue weighted by Gasteiger charge is 2.53. The van der Waals surface area contributed by atoms with Crippen molar-refractivity contribution in [3.8, 4) is 0 Å². The van der Waals surface area contributed by atoms with Gasteiger partial charge in [-0.25, -0.2) is 0 Å². The lowest BCUT2D eigenvalue weighted by atomic mass is 9.53. The zero-order valence-electron chi connectivity index (χ0n) is 20.4. The Morgan fingerprint density at radius 3 is 1.97 bits per heavy atom. The summed E-state index contributed by atoms with van der Waals surface area (Å²) < 4.78 is 0. The van der Waals surface area contributed by atoms with E-state index < -0.39 is 5.92 Å². The van der Waals surface area contributed by atoms with E-state index in [0.29, 0.717) is 5.92 Å². The van der Waals surface area contributed by atoms with Gasteiger partial charge in [0.1, 0.15) is 11.6 Å². The summed E-state index contributed by atoms with van der Waals surface area (Å²) in [6.07, 6.45) is 11.1. The number of Topliss-reactive ketones (excluding diaryl/α,β-unsaturated/α-hetero) is 2. The molecule has 1 fully saturated rings. The van der Waals surface area contributed by atoms with E-state index in [1.54, 1.807) is 0 Å². The van der Waals surface area contributed by atoms with Gasteiger partial charge in [-0.2, -0.15) is 0 Å². The van der Waals surface area contributed by atoms with Crippen LogP contribution in [0.3, 0.4) is 0 Å². The van der Waals surface area contributed by atoms with Crippen molar-refractivity contribution in [2.75, 3.05) is 0 Å². The van der Waals surface area contributed by atoms with Gasteiger partial charge >= 0.3 is 0 Å². The molecule has 0 spiro atoms. The molecule has 4 unspecified atom stereocenters. The topological polar surface area (TPSA) is 34.1 Å². The van der Waals surface area contributed by atoms with Crippen molar-refractivity contribution in [2.45, 2.75) is 94.4 Å². The van der Waals surface area contributed by atoms with Gasteiger partial charge in [-0.3, -0.25) is 9.59 Å². The summed E-state index contributed by atoms with van der Waals surface area (Å²) in [6.45, 7) is 18.7. The lowest BCUT2D eigenvalue weighted by Crippen LogP contribution is -2.52. The fourth-order valence-corrected chi connectivity index (χ4v) is 4.68. The summed E-state index contributed by atoms with van der Waals surface area (Å²) in [4.78, 5) is 26.9. The Kier molecular flexibility index (Phi) is 9.79. The van der Waals surface area contributed by atoms with Crippen LogP contribution in [0.1, 0.15) is 94.4 Å². The van der Waals surface area contributed by atoms with Gasteiger partial charge in [0, 0.05) is 11.8 Å². The predicted octanol–water partition coefficient (Wildman–Crippen LogP) is 7.50.